The number of aliphatic carboxylic acids is 3. The van der Waals surface area contributed by atoms with Crippen LogP contribution in [-0.2, 0) is 52.6 Å². The average Bonchev–Trinajstić information content (AvgIpc) is 3.38. The third-order valence-corrected chi connectivity index (χ3v) is 14.3. The van der Waals surface area contributed by atoms with Gasteiger partial charge in [0.25, 0.3) is 5.91 Å². The summed E-state index contributed by atoms with van der Waals surface area (Å²) in [6.45, 7) is 19.0. The molecule has 1 unspecified atom stereocenters. The minimum atomic E-state index is -1.40. The Kier molecular flexibility index (Phi) is 30.4. The number of rotatable bonds is 41. The van der Waals surface area contributed by atoms with E-state index in [1.165, 1.54) is 0 Å². The Morgan fingerprint density at radius 3 is 1.80 bits per heavy atom. The van der Waals surface area contributed by atoms with Gasteiger partial charge in [0.05, 0.1) is 30.8 Å². The molecule has 2 rings (SSSR count). The number of amides is 7. The molecule has 0 saturated heterocycles. The van der Waals surface area contributed by atoms with Crippen molar-refractivity contribution in [1.29, 1.82) is 0 Å². The van der Waals surface area contributed by atoms with Gasteiger partial charge in [-0.3, -0.25) is 43.2 Å². The molecular weight excluding hydrogens is 1050 g/mol. The summed E-state index contributed by atoms with van der Waals surface area (Å²) in [5.41, 5.74) is 4.74. The zero-order valence-corrected chi connectivity index (χ0v) is 49.5. The van der Waals surface area contributed by atoms with Crippen molar-refractivity contribution in [3.05, 3.63) is 29.8 Å². The fourth-order valence-corrected chi connectivity index (χ4v) is 9.93. The van der Waals surface area contributed by atoms with Crippen molar-refractivity contribution in [2.24, 2.45) is 28.4 Å². The van der Waals surface area contributed by atoms with Crippen LogP contribution in [0.3, 0.4) is 0 Å². The number of carboxylic acid groups (broad SMARTS) is 3. The van der Waals surface area contributed by atoms with Crippen molar-refractivity contribution in [2.45, 2.75) is 207 Å². The Morgan fingerprint density at radius 2 is 1.20 bits per heavy atom. The zero-order chi connectivity index (χ0) is 61.0. The van der Waals surface area contributed by atoms with Gasteiger partial charge in [-0.1, -0.05) is 34.6 Å². The summed E-state index contributed by atoms with van der Waals surface area (Å²) in [7, 11) is 0. The maximum Gasteiger partial charge on any atom is 0.326 e. The van der Waals surface area contributed by atoms with Crippen molar-refractivity contribution in [2.75, 3.05) is 44.7 Å². The molecule has 1 fully saturated rings. The van der Waals surface area contributed by atoms with Crippen LogP contribution in [0.1, 0.15) is 188 Å². The van der Waals surface area contributed by atoms with Crippen molar-refractivity contribution in [1.82, 2.24) is 31.9 Å². The lowest BCUT2D eigenvalue weighted by molar-refractivity contribution is -0.143. The van der Waals surface area contributed by atoms with Crippen molar-refractivity contribution in [3.8, 4) is 0 Å². The van der Waals surface area contributed by atoms with Gasteiger partial charge in [0.1, 0.15) is 18.1 Å². The first-order chi connectivity index (χ1) is 37.8. The zero-order valence-electron chi connectivity index (χ0n) is 49.5. The number of hydrogen-bond donors (Lipinski definition) is 11. The topological polar surface area (TPSA) is 360 Å². The normalized spacial score (nSPS) is 15.9. The number of carbonyl (C=O) groups is 10. The molecule has 23 nitrogen and oxygen atoms in total. The summed E-state index contributed by atoms with van der Waals surface area (Å²) in [5, 5.41) is 48.0. The van der Waals surface area contributed by atoms with E-state index in [-0.39, 0.29) is 81.9 Å². The SMILES string of the molecule is CCCNc1ccc(C(=O)NCCCCC(NC(=O)CCC(C)(C)OCCC(C)(C)OCCNC(=O)[C@H](CCC(=O)O)NC(=O)CC[C@H](NC(=O)C2CCC(CNC(=O)CC(C)(C)CC(C)(C)CC(=O)O)CC2)C(=O)O)C(N)=O)cc1. The van der Waals surface area contributed by atoms with Gasteiger partial charge in [-0.25, -0.2) is 4.79 Å². The highest BCUT2D eigenvalue weighted by Gasteiger charge is 2.34. The number of primary amides is 1. The third kappa shape index (κ3) is 30.9. The molecule has 0 bridgehead atoms. The summed E-state index contributed by atoms with van der Waals surface area (Å²) in [6.07, 6.45) is 4.88. The van der Waals surface area contributed by atoms with Crippen LogP contribution in [-0.4, -0.2) is 143 Å². The molecule has 1 aliphatic carbocycles. The summed E-state index contributed by atoms with van der Waals surface area (Å²) in [5.74, 6) is -6.97. The highest BCUT2D eigenvalue weighted by atomic mass is 16.5. The van der Waals surface area contributed by atoms with E-state index < -0.39 is 94.0 Å². The Morgan fingerprint density at radius 1 is 0.605 bits per heavy atom. The molecule has 3 atom stereocenters. The predicted molar refractivity (Wildman–Crippen MR) is 305 cm³/mol. The van der Waals surface area contributed by atoms with E-state index in [9.17, 15) is 63.3 Å². The van der Waals surface area contributed by atoms with E-state index in [2.05, 4.69) is 44.1 Å². The Balaban J connectivity index is 1.73. The van der Waals surface area contributed by atoms with Crippen molar-refractivity contribution in [3.63, 3.8) is 0 Å². The van der Waals surface area contributed by atoms with Crippen LogP contribution in [0.5, 0.6) is 0 Å². The number of carboxylic acids is 3. The number of unbranched alkanes of at least 4 members (excludes halogenated alkanes) is 1. The number of hydrogen-bond acceptors (Lipinski definition) is 13. The van der Waals surface area contributed by atoms with Crippen LogP contribution in [0, 0.1) is 22.7 Å². The predicted octanol–water partition coefficient (Wildman–Crippen LogP) is 5.18. The lowest BCUT2D eigenvalue weighted by Gasteiger charge is -2.34. The smallest absolute Gasteiger partial charge is 0.326 e. The third-order valence-electron chi connectivity index (χ3n) is 14.3. The Hall–Kier alpha value is -6.36. The van der Waals surface area contributed by atoms with Gasteiger partial charge in [0.15, 0.2) is 0 Å². The van der Waals surface area contributed by atoms with Crippen molar-refractivity contribution < 1.29 is 72.7 Å². The second-order valence-corrected chi connectivity index (χ2v) is 24.3. The number of benzene rings is 1. The molecule has 458 valence electrons. The van der Waals surface area contributed by atoms with Gasteiger partial charge < -0.3 is 67.7 Å². The summed E-state index contributed by atoms with van der Waals surface area (Å²) in [6, 6.07) is 3.69. The fourth-order valence-electron chi connectivity index (χ4n) is 9.93. The quantitative estimate of drug-likeness (QED) is 0.0376. The number of ether oxygens (including phenoxy) is 2. The minimum absolute atomic E-state index is 0.00279. The average molecular weight is 1150 g/mol. The van der Waals surface area contributed by atoms with E-state index in [1.807, 2.05) is 67.5 Å². The molecule has 1 aromatic carbocycles. The molecule has 0 heterocycles. The monoisotopic (exact) mass is 1140 g/mol. The first-order valence-electron chi connectivity index (χ1n) is 28.6. The molecule has 0 radical (unpaired) electrons. The number of nitrogens with two attached hydrogens (primary N) is 1. The van der Waals surface area contributed by atoms with Crippen LogP contribution in [0.15, 0.2) is 24.3 Å². The first-order valence-corrected chi connectivity index (χ1v) is 28.6. The van der Waals surface area contributed by atoms with Crippen LogP contribution < -0.4 is 43.0 Å². The van der Waals surface area contributed by atoms with Gasteiger partial charge >= 0.3 is 17.9 Å². The first kappa shape index (κ1) is 70.7. The van der Waals surface area contributed by atoms with E-state index in [0.717, 1.165) is 18.7 Å². The molecule has 1 aromatic rings. The molecule has 23 heteroatoms. The van der Waals surface area contributed by atoms with Crippen molar-refractivity contribution >= 4 is 64.9 Å². The maximum atomic E-state index is 13.2. The minimum Gasteiger partial charge on any atom is -0.481 e. The molecular formula is C58H96N8O15. The van der Waals surface area contributed by atoms with Crippen LogP contribution >= 0.6 is 0 Å². The van der Waals surface area contributed by atoms with Gasteiger partial charge in [0, 0.05) is 69.0 Å². The van der Waals surface area contributed by atoms with Crippen LogP contribution in [0.25, 0.3) is 0 Å². The number of carbonyl (C=O) groups excluding carboxylic acids is 7. The van der Waals surface area contributed by atoms with E-state index in [0.29, 0.717) is 82.9 Å². The van der Waals surface area contributed by atoms with E-state index in [4.69, 9.17) is 15.2 Å². The van der Waals surface area contributed by atoms with Gasteiger partial charge in [0.2, 0.25) is 35.4 Å². The summed E-state index contributed by atoms with van der Waals surface area (Å²) in [4.78, 5) is 125. The van der Waals surface area contributed by atoms with E-state index in [1.54, 1.807) is 12.1 Å². The summed E-state index contributed by atoms with van der Waals surface area (Å²) < 4.78 is 12.1. The number of nitrogens with one attached hydrogen (secondary N) is 7. The van der Waals surface area contributed by atoms with Gasteiger partial charge in [-0.2, -0.15) is 0 Å². The molecule has 0 aromatic heterocycles. The molecule has 1 saturated carbocycles. The Bertz CT molecular complexity index is 2230. The Labute approximate surface area is 478 Å². The molecule has 12 N–H and O–H groups in total. The molecule has 7 amide bonds. The second-order valence-electron chi connectivity index (χ2n) is 24.3. The number of anilines is 1. The molecule has 0 aliphatic heterocycles. The summed E-state index contributed by atoms with van der Waals surface area (Å²) >= 11 is 0. The highest BCUT2D eigenvalue weighted by Crippen LogP contribution is 2.38. The lowest BCUT2D eigenvalue weighted by atomic mass is 9.71. The van der Waals surface area contributed by atoms with E-state index >= 15 is 0 Å². The largest absolute Gasteiger partial charge is 0.481 e. The van der Waals surface area contributed by atoms with Crippen LogP contribution in [0.4, 0.5) is 5.69 Å². The highest BCUT2D eigenvalue weighted by molar-refractivity contribution is 5.94. The lowest BCUT2D eigenvalue weighted by Crippen LogP contribution is -2.49. The van der Waals surface area contributed by atoms with Gasteiger partial charge in [-0.05, 0) is 152 Å². The maximum absolute atomic E-state index is 13.2. The molecule has 81 heavy (non-hydrogen) atoms. The molecule has 0 spiro atoms. The second kappa shape index (κ2) is 34.8. The standard InChI is InChI=1S/C58H96N8O15/c1-10-29-60-41-20-18-39(19-21-41)51(75)61-30-12-11-13-42(50(59)74)64-46(68)26-27-57(6,7)80-32-28-58(8,9)81-33-31-62-53(77)43(23-25-48(70)71)65-45(67)24-22-44(54(78)79)66-52(76)40-16-14-38(15-17-40)36-63-47(69)34-55(2,3)37-56(4,5)35-49(72)73/h18-21,38,40,42-44,60H,10-17,22-37H2,1-9H3,(H2,59,74)(H,61,75)(H,62,77)(H,63,69)(H,64,68)(H,65,67)(H,66,76)(H,70,71)(H,72,73)(H,78,79)/t38?,40?,42?,43-,44-/m0/s1. The fraction of sp³-hybridized carbons (Fsp3) is 0.724. The van der Waals surface area contributed by atoms with Crippen LogP contribution in [0.2, 0.25) is 0 Å². The van der Waals surface area contributed by atoms with Gasteiger partial charge in [-0.15, -0.1) is 0 Å². The molecule has 1 aliphatic rings.